The van der Waals surface area contributed by atoms with Crippen molar-refractivity contribution < 1.29 is 19.0 Å². The Morgan fingerprint density at radius 3 is 2.32 bits per heavy atom. The van der Waals surface area contributed by atoms with Gasteiger partial charge < -0.3 is 24.4 Å². The highest BCUT2D eigenvalue weighted by Gasteiger charge is 2.12. The normalized spacial score (nSPS) is 13.5. The van der Waals surface area contributed by atoms with Gasteiger partial charge in [0.1, 0.15) is 23.9 Å². The average molecular weight is 419 g/mol. The third-order valence-corrected chi connectivity index (χ3v) is 4.83. The van der Waals surface area contributed by atoms with Gasteiger partial charge in [-0.15, -0.1) is 0 Å². The second-order valence-electron chi connectivity index (χ2n) is 7.08. The zero-order valence-corrected chi connectivity index (χ0v) is 17.2. The molecule has 1 aliphatic rings. The Bertz CT molecular complexity index is 956. The number of nitrogens with zero attached hydrogens (tertiary/aromatic N) is 2. The molecule has 160 valence electrons. The number of carbonyl (C=O) groups is 1. The predicted molar refractivity (Wildman–Crippen MR) is 119 cm³/mol. The maximum atomic E-state index is 12.2. The summed E-state index contributed by atoms with van der Waals surface area (Å²) in [4.78, 5) is 18.7. The van der Waals surface area contributed by atoms with Crippen LogP contribution >= 0.6 is 0 Å². The van der Waals surface area contributed by atoms with Crippen LogP contribution in [0.4, 0.5) is 11.5 Å². The van der Waals surface area contributed by atoms with Crippen LogP contribution in [0, 0.1) is 0 Å². The van der Waals surface area contributed by atoms with Crippen molar-refractivity contribution in [1.29, 1.82) is 0 Å². The lowest BCUT2D eigenvalue weighted by Crippen LogP contribution is -2.36. The van der Waals surface area contributed by atoms with Gasteiger partial charge in [-0.2, -0.15) is 0 Å². The van der Waals surface area contributed by atoms with Gasteiger partial charge in [0.2, 0.25) is 0 Å². The van der Waals surface area contributed by atoms with Crippen molar-refractivity contribution in [2.75, 3.05) is 43.1 Å². The summed E-state index contributed by atoms with van der Waals surface area (Å²) in [6, 6.07) is 20.9. The molecule has 0 radical (unpaired) electrons. The van der Waals surface area contributed by atoms with E-state index in [4.69, 9.17) is 14.2 Å². The van der Waals surface area contributed by atoms with Crippen LogP contribution in [0.1, 0.15) is 5.56 Å². The number of hydrogen-bond donors (Lipinski definition) is 1. The molecule has 1 N–H and O–H groups in total. The fourth-order valence-corrected chi connectivity index (χ4v) is 3.17. The van der Waals surface area contributed by atoms with Gasteiger partial charge in [0.15, 0.2) is 6.61 Å². The van der Waals surface area contributed by atoms with Crippen LogP contribution in [-0.2, 0) is 16.1 Å². The van der Waals surface area contributed by atoms with E-state index in [9.17, 15) is 4.79 Å². The van der Waals surface area contributed by atoms with Crippen LogP contribution < -0.4 is 19.7 Å². The first-order valence-electron chi connectivity index (χ1n) is 10.2. The van der Waals surface area contributed by atoms with Crippen LogP contribution in [0.2, 0.25) is 0 Å². The minimum Gasteiger partial charge on any atom is -0.489 e. The Balaban J connectivity index is 1.21. The zero-order chi connectivity index (χ0) is 21.3. The van der Waals surface area contributed by atoms with Gasteiger partial charge in [0.25, 0.3) is 5.91 Å². The highest BCUT2D eigenvalue weighted by molar-refractivity contribution is 5.91. The molecule has 0 atom stereocenters. The van der Waals surface area contributed by atoms with Gasteiger partial charge in [0, 0.05) is 13.1 Å². The molecular weight excluding hydrogens is 394 g/mol. The Morgan fingerprint density at radius 1 is 0.935 bits per heavy atom. The van der Waals surface area contributed by atoms with E-state index in [2.05, 4.69) is 15.2 Å². The van der Waals surface area contributed by atoms with E-state index < -0.39 is 0 Å². The summed E-state index contributed by atoms with van der Waals surface area (Å²) in [5.74, 6) is 1.56. The molecule has 1 aliphatic heterocycles. The van der Waals surface area contributed by atoms with E-state index in [-0.39, 0.29) is 12.5 Å². The monoisotopic (exact) mass is 419 g/mol. The minimum atomic E-state index is -0.268. The van der Waals surface area contributed by atoms with E-state index in [0.29, 0.717) is 18.2 Å². The summed E-state index contributed by atoms with van der Waals surface area (Å²) in [5, 5.41) is 2.75. The highest BCUT2D eigenvalue weighted by Crippen LogP contribution is 2.19. The van der Waals surface area contributed by atoms with Gasteiger partial charge in [-0.3, -0.25) is 4.79 Å². The number of ether oxygens (including phenoxy) is 3. The second-order valence-corrected chi connectivity index (χ2v) is 7.08. The summed E-state index contributed by atoms with van der Waals surface area (Å²) in [6.07, 6.45) is 1.76. The maximum Gasteiger partial charge on any atom is 0.263 e. The fraction of sp³-hybridized carbons (Fsp3) is 0.250. The summed E-state index contributed by atoms with van der Waals surface area (Å²) >= 11 is 0. The third kappa shape index (κ3) is 6.20. The quantitative estimate of drug-likeness (QED) is 0.602. The van der Waals surface area contributed by atoms with E-state index in [1.54, 1.807) is 24.4 Å². The molecule has 1 amide bonds. The van der Waals surface area contributed by atoms with E-state index in [1.165, 1.54) is 0 Å². The second kappa shape index (κ2) is 10.4. The minimum absolute atomic E-state index is 0.100. The summed E-state index contributed by atoms with van der Waals surface area (Å²) in [5.41, 5.74) is 2.12. The SMILES string of the molecule is O=C(COc1ccc(OCc2ccccc2)cc1)Nc1ccc(N2CCOCC2)cn1. The molecule has 0 unspecified atom stereocenters. The number of morpholine rings is 1. The Labute approximate surface area is 181 Å². The lowest BCUT2D eigenvalue weighted by Gasteiger charge is -2.28. The van der Waals surface area contributed by atoms with Crippen molar-refractivity contribution in [3.8, 4) is 11.5 Å². The molecular formula is C24H25N3O4. The van der Waals surface area contributed by atoms with E-state index in [0.717, 1.165) is 43.3 Å². The van der Waals surface area contributed by atoms with Gasteiger partial charge in [-0.1, -0.05) is 30.3 Å². The number of hydrogen-bond acceptors (Lipinski definition) is 6. The van der Waals surface area contributed by atoms with E-state index in [1.807, 2.05) is 48.5 Å². The van der Waals surface area contributed by atoms with Crippen LogP contribution in [0.15, 0.2) is 72.9 Å². The zero-order valence-electron chi connectivity index (χ0n) is 17.2. The lowest BCUT2D eigenvalue weighted by molar-refractivity contribution is -0.118. The first kappa shape index (κ1) is 20.7. The molecule has 1 aromatic heterocycles. The van der Waals surface area contributed by atoms with Gasteiger partial charge in [0.05, 0.1) is 25.1 Å². The van der Waals surface area contributed by atoms with Gasteiger partial charge in [-0.05, 0) is 42.0 Å². The molecule has 1 fully saturated rings. The van der Waals surface area contributed by atoms with Crippen molar-refractivity contribution in [1.82, 2.24) is 4.98 Å². The molecule has 4 rings (SSSR count). The Kier molecular flexibility index (Phi) is 6.97. The van der Waals surface area contributed by atoms with Crippen molar-refractivity contribution >= 4 is 17.4 Å². The van der Waals surface area contributed by atoms with Crippen LogP contribution in [0.25, 0.3) is 0 Å². The Morgan fingerprint density at radius 2 is 1.65 bits per heavy atom. The number of benzene rings is 2. The molecule has 2 heterocycles. The maximum absolute atomic E-state index is 12.2. The van der Waals surface area contributed by atoms with Crippen LogP contribution in [0.3, 0.4) is 0 Å². The summed E-state index contributed by atoms with van der Waals surface area (Å²) in [6.45, 7) is 3.53. The molecule has 2 aromatic carbocycles. The molecule has 1 saturated heterocycles. The van der Waals surface area contributed by atoms with Crippen molar-refractivity contribution in [3.05, 3.63) is 78.5 Å². The number of rotatable bonds is 8. The molecule has 0 bridgehead atoms. The standard InChI is InChI=1S/C24H25N3O4/c28-24(26-23-11-6-20(16-25-23)27-12-14-29-15-13-27)18-31-22-9-7-21(8-10-22)30-17-19-4-2-1-3-5-19/h1-11,16H,12-15,17-18H2,(H,25,26,28). The topological polar surface area (TPSA) is 72.9 Å². The molecule has 31 heavy (non-hydrogen) atoms. The number of anilines is 2. The number of amides is 1. The number of nitrogens with one attached hydrogen (secondary N) is 1. The third-order valence-electron chi connectivity index (χ3n) is 4.83. The molecule has 7 heteroatoms. The van der Waals surface area contributed by atoms with Crippen molar-refractivity contribution in [2.45, 2.75) is 6.61 Å². The first-order valence-corrected chi connectivity index (χ1v) is 10.2. The molecule has 3 aromatic rings. The largest absolute Gasteiger partial charge is 0.489 e. The Hall–Kier alpha value is -3.58. The summed E-state index contributed by atoms with van der Waals surface area (Å²) < 4.78 is 16.7. The molecule has 0 saturated carbocycles. The predicted octanol–water partition coefficient (Wildman–Crippen LogP) is 3.51. The summed E-state index contributed by atoms with van der Waals surface area (Å²) in [7, 11) is 0. The van der Waals surface area contributed by atoms with Gasteiger partial charge >= 0.3 is 0 Å². The van der Waals surface area contributed by atoms with E-state index >= 15 is 0 Å². The van der Waals surface area contributed by atoms with Crippen molar-refractivity contribution in [3.63, 3.8) is 0 Å². The lowest BCUT2D eigenvalue weighted by atomic mass is 10.2. The van der Waals surface area contributed by atoms with Crippen LogP contribution in [-0.4, -0.2) is 43.8 Å². The van der Waals surface area contributed by atoms with Crippen molar-refractivity contribution in [2.24, 2.45) is 0 Å². The smallest absolute Gasteiger partial charge is 0.263 e. The molecule has 0 aliphatic carbocycles. The number of aromatic nitrogens is 1. The average Bonchev–Trinajstić information content (AvgIpc) is 2.84. The molecule has 7 nitrogen and oxygen atoms in total. The fourth-order valence-electron chi connectivity index (χ4n) is 3.17. The highest BCUT2D eigenvalue weighted by atomic mass is 16.5. The van der Waals surface area contributed by atoms with Gasteiger partial charge in [-0.25, -0.2) is 4.98 Å². The number of carbonyl (C=O) groups excluding carboxylic acids is 1. The molecule has 0 spiro atoms. The number of pyridine rings is 1. The van der Waals surface area contributed by atoms with Crippen LogP contribution in [0.5, 0.6) is 11.5 Å². The first-order chi connectivity index (χ1) is 15.3.